The van der Waals surface area contributed by atoms with Crippen LogP contribution in [0.25, 0.3) is 0 Å². The normalized spacial score (nSPS) is 11.2. The van der Waals surface area contributed by atoms with Gasteiger partial charge in [-0.05, 0) is 0 Å². The number of benzene rings is 2. The van der Waals surface area contributed by atoms with E-state index in [2.05, 4.69) is 0 Å². The van der Waals surface area contributed by atoms with E-state index >= 15 is 0 Å². The van der Waals surface area contributed by atoms with E-state index in [1.54, 1.807) is 0 Å². The minimum atomic E-state index is -2.49. The predicted octanol–water partition coefficient (Wildman–Crippen LogP) is 4.43. The molecule has 2 rings (SSSR count). The van der Waals surface area contributed by atoms with Crippen LogP contribution >= 0.6 is 0 Å². The van der Waals surface area contributed by atoms with Crippen LogP contribution in [0.15, 0.2) is 0 Å². The van der Waals surface area contributed by atoms with Gasteiger partial charge in [0.2, 0.25) is 11.6 Å². The highest BCUT2D eigenvalue weighted by Gasteiger charge is 2.29. The lowest BCUT2D eigenvalue weighted by Crippen LogP contribution is -2.16. The Morgan fingerprint density at radius 2 is 0.615 bits per heavy atom. The first-order chi connectivity index (χ1) is 12.0. The molecule has 0 aliphatic rings. The van der Waals surface area contributed by atoms with E-state index in [-0.39, 0.29) is 0 Å². The maximum Gasteiger partial charge on any atom is 0.200 e. The molecule has 0 bridgehead atoms. The molecule has 0 aliphatic heterocycles. The van der Waals surface area contributed by atoms with Crippen LogP contribution < -0.4 is 0 Å². The standard InChI is InChI=1S/C15H4F10O/c16-6-4(7(17)11(21)14(24)10(6)20)1-3(26)2-5-8(18)12(22)15(25)13(23)9(5)19/h1-2H2. The molecule has 0 amide bonds. The van der Waals surface area contributed by atoms with Crippen LogP contribution in [0.1, 0.15) is 11.1 Å². The van der Waals surface area contributed by atoms with Gasteiger partial charge in [0.1, 0.15) is 5.78 Å². The Morgan fingerprint density at radius 3 is 0.846 bits per heavy atom. The van der Waals surface area contributed by atoms with E-state index in [9.17, 15) is 48.7 Å². The molecule has 140 valence electrons. The van der Waals surface area contributed by atoms with Crippen molar-refractivity contribution >= 4 is 5.78 Å². The fourth-order valence-electron chi connectivity index (χ4n) is 2.07. The van der Waals surface area contributed by atoms with E-state index in [4.69, 9.17) is 0 Å². The second kappa shape index (κ2) is 6.96. The zero-order chi connectivity index (χ0) is 19.9. The molecule has 0 unspecified atom stereocenters. The van der Waals surface area contributed by atoms with Gasteiger partial charge in [0.15, 0.2) is 46.5 Å². The highest BCUT2D eigenvalue weighted by atomic mass is 19.2. The van der Waals surface area contributed by atoms with Crippen LogP contribution in [0, 0.1) is 58.2 Å². The molecule has 0 aliphatic carbocycles. The second-order valence-electron chi connectivity index (χ2n) is 4.99. The molecule has 0 N–H and O–H groups in total. The monoisotopic (exact) mass is 390 g/mol. The SMILES string of the molecule is O=C(Cc1c(F)c(F)c(F)c(F)c1F)Cc1c(F)c(F)c(F)c(F)c1F. The quantitative estimate of drug-likeness (QED) is 0.429. The number of carbonyl (C=O) groups is 1. The molecule has 0 saturated carbocycles. The van der Waals surface area contributed by atoms with Gasteiger partial charge in [0.05, 0.1) is 0 Å². The average Bonchev–Trinajstić information content (AvgIpc) is 2.62. The molecular formula is C15H4F10O. The lowest BCUT2D eigenvalue weighted by Gasteiger charge is -2.10. The molecule has 0 radical (unpaired) electrons. The minimum absolute atomic E-state index is 1.54. The molecule has 11 heteroatoms. The van der Waals surface area contributed by atoms with Gasteiger partial charge < -0.3 is 0 Å². The third kappa shape index (κ3) is 3.13. The molecule has 0 saturated heterocycles. The van der Waals surface area contributed by atoms with E-state index < -0.39 is 87.9 Å². The minimum Gasteiger partial charge on any atom is -0.299 e. The van der Waals surface area contributed by atoms with Crippen LogP contribution in [0.2, 0.25) is 0 Å². The van der Waals surface area contributed by atoms with Gasteiger partial charge in [-0.25, -0.2) is 43.9 Å². The fraction of sp³-hybridized carbons (Fsp3) is 0.133. The Labute approximate surface area is 137 Å². The molecule has 2 aromatic carbocycles. The fourth-order valence-corrected chi connectivity index (χ4v) is 2.07. The Kier molecular flexibility index (Phi) is 5.28. The van der Waals surface area contributed by atoms with E-state index in [0.717, 1.165) is 0 Å². The molecule has 0 aromatic heterocycles. The smallest absolute Gasteiger partial charge is 0.200 e. The molecule has 1 nitrogen and oxygen atoms in total. The second-order valence-corrected chi connectivity index (χ2v) is 4.99. The van der Waals surface area contributed by atoms with Gasteiger partial charge >= 0.3 is 0 Å². The van der Waals surface area contributed by atoms with Crippen molar-refractivity contribution in [2.24, 2.45) is 0 Å². The van der Waals surface area contributed by atoms with Crippen molar-refractivity contribution in [3.8, 4) is 0 Å². The van der Waals surface area contributed by atoms with Crippen molar-refractivity contribution < 1.29 is 48.7 Å². The Bertz CT molecular complexity index is 790. The summed E-state index contributed by atoms with van der Waals surface area (Å²) in [6, 6.07) is 0. The molecule has 26 heavy (non-hydrogen) atoms. The van der Waals surface area contributed by atoms with Crippen LogP contribution in [0.4, 0.5) is 43.9 Å². The number of Topliss-reactive ketones (excluding diaryl/α,β-unsaturated/α-hetero) is 1. The van der Waals surface area contributed by atoms with Gasteiger partial charge in [0.25, 0.3) is 0 Å². The van der Waals surface area contributed by atoms with Gasteiger partial charge in [0, 0.05) is 24.0 Å². The molecule has 0 heterocycles. The first-order valence-corrected chi connectivity index (χ1v) is 6.51. The Hall–Kier alpha value is -2.59. The predicted molar refractivity (Wildman–Crippen MR) is 64.9 cm³/mol. The van der Waals surface area contributed by atoms with Crippen LogP contribution in [0.3, 0.4) is 0 Å². The van der Waals surface area contributed by atoms with Gasteiger partial charge in [-0.15, -0.1) is 0 Å². The number of rotatable bonds is 4. The zero-order valence-corrected chi connectivity index (χ0v) is 12.1. The summed E-state index contributed by atoms with van der Waals surface area (Å²) in [5.41, 5.74) is -3.20. The first-order valence-electron chi connectivity index (χ1n) is 6.51. The number of hydrogen-bond donors (Lipinski definition) is 0. The number of carbonyl (C=O) groups excluding carboxylic acids is 1. The number of hydrogen-bond acceptors (Lipinski definition) is 1. The topological polar surface area (TPSA) is 17.1 Å². The molecular weight excluding hydrogens is 386 g/mol. The molecule has 0 spiro atoms. The third-order valence-corrected chi connectivity index (χ3v) is 3.35. The van der Waals surface area contributed by atoms with Gasteiger partial charge in [-0.2, -0.15) is 0 Å². The van der Waals surface area contributed by atoms with Crippen molar-refractivity contribution in [2.75, 3.05) is 0 Å². The van der Waals surface area contributed by atoms with Crippen molar-refractivity contribution in [2.45, 2.75) is 12.8 Å². The lowest BCUT2D eigenvalue weighted by atomic mass is 10.00. The van der Waals surface area contributed by atoms with E-state index in [1.807, 2.05) is 0 Å². The van der Waals surface area contributed by atoms with Crippen molar-refractivity contribution in [3.05, 3.63) is 69.3 Å². The van der Waals surface area contributed by atoms with E-state index in [1.165, 1.54) is 0 Å². The summed E-state index contributed by atoms with van der Waals surface area (Å²) in [4.78, 5) is 11.7. The summed E-state index contributed by atoms with van der Waals surface area (Å²) >= 11 is 0. The molecule has 0 fully saturated rings. The average molecular weight is 390 g/mol. The van der Waals surface area contributed by atoms with Crippen LogP contribution in [0.5, 0.6) is 0 Å². The summed E-state index contributed by atoms with van der Waals surface area (Å²) < 4.78 is 132. The van der Waals surface area contributed by atoms with E-state index in [0.29, 0.717) is 0 Å². The number of halogens is 10. The maximum atomic E-state index is 13.5. The summed E-state index contributed by atoms with van der Waals surface area (Å²) in [5, 5.41) is 0. The number of ketones is 1. The highest BCUT2D eigenvalue weighted by Crippen LogP contribution is 2.26. The molecule has 2 aromatic rings. The first kappa shape index (κ1) is 19.7. The highest BCUT2D eigenvalue weighted by molar-refractivity contribution is 5.83. The maximum absolute atomic E-state index is 13.5. The largest absolute Gasteiger partial charge is 0.299 e. The summed E-state index contributed by atoms with van der Waals surface area (Å²) in [6.45, 7) is 0. The Balaban J connectivity index is 2.41. The van der Waals surface area contributed by atoms with Crippen molar-refractivity contribution in [1.82, 2.24) is 0 Å². The summed E-state index contributed by atoms with van der Waals surface area (Å²) in [6.07, 6.45) is -3.07. The lowest BCUT2D eigenvalue weighted by molar-refractivity contribution is -0.118. The van der Waals surface area contributed by atoms with Crippen LogP contribution in [-0.2, 0) is 17.6 Å². The summed E-state index contributed by atoms with van der Waals surface area (Å²) in [5.74, 6) is -25.4. The molecule has 0 atom stereocenters. The zero-order valence-electron chi connectivity index (χ0n) is 12.1. The third-order valence-electron chi connectivity index (χ3n) is 3.35. The summed E-state index contributed by atoms with van der Waals surface area (Å²) in [7, 11) is 0. The van der Waals surface area contributed by atoms with Gasteiger partial charge in [-0.1, -0.05) is 0 Å². The Morgan fingerprint density at radius 1 is 0.423 bits per heavy atom. The van der Waals surface area contributed by atoms with Crippen molar-refractivity contribution in [1.29, 1.82) is 0 Å². The van der Waals surface area contributed by atoms with Crippen LogP contribution in [-0.4, -0.2) is 5.78 Å². The van der Waals surface area contributed by atoms with Crippen molar-refractivity contribution in [3.63, 3.8) is 0 Å². The van der Waals surface area contributed by atoms with Gasteiger partial charge in [-0.3, -0.25) is 4.79 Å².